The lowest BCUT2D eigenvalue weighted by Gasteiger charge is -2.10. The number of hydrogen-bond acceptors (Lipinski definition) is 4. The number of oxazole rings is 1. The summed E-state index contributed by atoms with van der Waals surface area (Å²) in [4.78, 5) is 13.7. The second kappa shape index (κ2) is 4.25. The molecular weight excluding hydrogens is 218 g/mol. The molecule has 5 nitrogen and oxygen atoms in total. The van der Waals surface area contributed by atoms with E-state index in [0.29, 0.717) is 11.5 Å². The minimum Gasteiger partial charge on any atom is -0.408 e. The van der Waals surface area contributed by atoms with Gasteiger partial charge in [0.2, 0.25) is 0 Å². The fraction of sp³-hybridized carbons (Fsp3) is 0.417. The van der Waals surface area contributed by atoms with Gasteiger partial charge in [-0.2, -0.15) is 0 Å². The van der Waals surface area contributed by atoms with Crippen molar-refractivity contribution in [3.05, 3.63) is 28.7 Å². The van der Waals surface area contributed by atoms with Crippen LogP contribution in [0.5, 0.6) is 0 Å². The SMILES string of the molecule is O=c1[nH]c2cc(NCC3CCNC3)ccc2o1. The van der Waals surface area contributed by atoms with Gasteiger partial charge in [-0.15, -0.1) is 0 Å². The van der Waals surface area contributed by atoms with Crippen LogP contribution in [-0.2, 0) is 0 Å². The molecule has 2 heterocycles. The first-order valence-electron chi connectivity index (χ1n) is 5.89. The normalized spacial score (nSPS) is 19.9. The molecule has 1 atom stereocenters. The molecule has 3 rings (SSSR count). The van der Waals surface area contributed by atoms with Gasteiger partial charge in [-0.1, -0.05) is 0 Å². The summed E-state index contributed by atoms with van der Waals surface area (Å²) < 4.78 is 4.95. The molecule has 1 unspecified atom stereocenters. The lowest BCUT2D eigenvalue weighted by atomic mass is 10.1. The summed E-state index contributed by atoms with van der Waals surface area (Å²) in [5.41, 5.74) is 2.36. The smallest absolute Gasteiger partial charge is 0.408 e. The first kappa shape index (κ1) is 10.4. The third kappa shape index (κ3) is 2.19. The minimum atomic E-state index is -0.405. The number of fused-ring (bicyclic) bond motifs is 1. The van der Waals surface area contributed by atoms with E-state index in [1.807, 2.05) is 18.2 Å². The number of aromatic amines is 1. The van der Waals surface area contributed by atoms with Gasteiger partial charge in [-0.25, -0.2) is 4.79 Å². The van der Waals surface area contributed by atoms with Crippen LogP contribution in [0.4, 0.5) is 5.69 Å². The molecule has 3 N–H and O–H groups in total. The Balaban J connectivity index is 1.73. The fourth-order valence-electron chi connectivity index (χ4n) is 2.21. The number of H-pyrrole nitrogens is 1. The van der Waals surface area contributed by atoms with Crippen molar-refractivity contribution in [2.75, 3.05) is 25.0 Å². The van der Waals surface area contributed by atoms with E-state index in [9.17, 15) is 4.79 Å². The molecular formula is C12H15N3O2. The molecule has 1 fully saturated rings. The highest BCUT2D eigenvalue weighted by Gasteiger charge is 2.13. The highest BCUT2D eigenvalue weighted by Crippen LogP contribution is 2.17. The molecule has 0 aliphatic carbocycles. The summed E-state index contributed by atoms with van der Waals surface area (Å²) in [6, 6.07) is 5.65. The summed E-state index contributed by atoms with van der Waals surface area (Å²) in [5, 5.41) is 6.72. The predicted octanol–water partition coefficient (Wildman–Crippen LogP) is 1.14. The van der Waals surface area contributed by atoms with Crippen molar-refractivity contribution in [2.45, 2.75) is 6.42 Å². The molecule has 0 saturated carbocycles. The lowest BCUT2D eigenvalue weighted by Crippen LogP contribution is -2.17. The van der Waals surface area contributed by atoms with Gasteiger partial charge in [-0.05, 0) is 43.6 Å². The zero-order valence-electron chi connectivity index (χ0n) is 9.45. The number of hydrogen-bond donors (Lipinski definition) is 3. The van der Waals surface area contributed by atoms with E-state index in [1.54, 1.807) is 0 Å². The second-order valence-electron chi connectivity index (χ2n) is 4.47. The molecule has 90 valence electrons. The summed E-state index contributed by atoms with van der Waals surface area (Å²) >= 11 is 0. The van der Waals surface area contributed by atoms with E-state index in [2.05, 4.69) is 15.6 Å². The third-order valence-electron chi connectivity index (χ3n) is 3.18. The van der Waals surface area contributed by atoms with Crippen molar-refractivity contribution in [1.29, 1.82) is 0 Å². The fourth-order valence-corrected chi connectivity index (χ4v) is 2.21. The van der Waals surface area contributed by atoms with Crippen LogP contribution in [0.25, 0.3) is 11.1 Å². The number of anilines is 1. The van der Waals surface area contributed by atoms with E-state index in [4.69, 9.17) is 4.42 Å². The molecule has 1 aliphatic heterocycles. The van der Waals surface area contributed by atoms with Crippen LogP contribution in [0.15, 0.2) is 27.4 Å². The zero-order valence-corrected chi connectivity index (χ0v) is 9.45. The standard InChI is InChI=1S/C12H15N3O2/c16-12-15-10-5-9(1-2-11(10)17-12)14-7-8-3-4-13-6-8/h1-2,5,8,13-14H,3-4,6-7H2,(H,15,16). The van der Waals surface area contributed by atoms with Gasteiger partial charge < -0.3 is 15.1 Å². The Labute approximate surface area is 98.2 Å². The van der Waals surface area contributed by atoms with Crippen LogP contribution in [0.3, 0.4) is 0 Å². The quantitative estimate of drug-likeness (QED) is 0.743. The largest absolute Gasteiger partial charge is 0.417 e. The number of aromatic nitrogens is 1. The van der Waals surface area contributed by atoms with Gasteiger partial charge in [0.1, 0.15) is 0 Å². The van der Waals surface area contributed by atoms with Gasteiger partial charge in [0.25, 0.3) is 0 Å². The Morgan fingerprint density at radius 2 is 2.41 bits per heavy atom. The highest BCUT2D eigenvalue weighted by atomic mass is 16.4. The van der Waals surface area contributed by atoms with E-state index in [0.717, 1.165) is 30.8 Å². The molecule has 1 aromatic heterocycles. The van der Waals surface area contributed by atoms with Gasteiger partial charge in [0.05, 0.1) is 5.52 Å². The van der Waals surface area contributed by atoms with E-state index >= 15 is 0 Å². The maximum Gasteiger partial charge on any atom is 0.417 e. The van der Waals surface area contributed by atoms with Crippen LogP contribution in [0, 0.1) is 5.92 Å². The average molecular weight is 233 g/mol. The molecule has 17 heavy (non-hydrogen) atoms. The number of benzene rings is 1. The van der Waals surface area contributed by atoms with E-state index < -0.39 is 5.76 Å². The molecule has 0 spiro atoms. The summed E-state index contributed by atoms with van der Waals surface area (Å²) in [7, 11) is 0. The molecule has 0 radical (unpaired) electrons. The molecule has 1 aromatic carbocycles. The maximum atomic E-state index is 11.0. The van der Waals surface area contributed by atoms with Crippen LogP contribution in [0.2, 0.25) is 0 Å². The van der Waals surface area contributed by atoms with Gasteiger partial charge >= 0.3 is 5.76 Å². The third-order valence-corrected chi connectivity index (χ3v) is 3.18. The molecule has 5 heteroatoms. The Hall–Kier alpha value is -1.75. The topological polar surface area (TPSA) is 70.1 Å². The summed E-state index contributed by atoms with van der Waals surface area (Å²) in [6.45, 7) is 3.15. The average Bonchev–Trinajstić information content (AvgIpc) is 2.92. The first-order chi connectivity index (χ1) is 8.31. The lowest BCUT2D eigenvalue weighted by molar-refractivity contribution is 0.555. The van der Waals surface area contributed by atoms with Crippen molar-refractivity contribution in [2.24, 2.45) is 5.92 Å². The zero-order chi connectivity index (χ0) is 11.7. The van der Waals surface area contributed by atoms with E-state index in [1.165, 1.54) is 6.42 Å². The minimum absolute atomic E-state index is 0.405. The van der Waals surface area contributed by atoms with Crippen molar-refractivity contribution >= 4 is 16.8 Å². The van der Waals surface area contributed by atoms with Crippen molar-refractivity contribution < 1.29 is 4.42 Å². The first-order valence-corrected chi connectivity index (χ1v) is 5.89. The van der Waals surface area contributed by atoms with Crippen LogP contribution >= 0.6 is 0 Å². The van der Waals surface area contributed by atoms with Gasteiger partial charge in [0, 0.05) is 12.2 Å². The Kier molecular flexibility index (Phi) is 2.60. The second-order valence-corrected chi connectivity index (χ2v) is 4.47. The molecule has 1 saturated heterocycles. The van der Waals surface area contributed by atoms with Crippen molar-refractivity contribution in [1.82, 2.24) is 10.3 Å². The van der Waals surface area contributed by atoms with Crippen molar-refractivity contribution in [3.63, 3.8) is 0 Å². The molecule has 2 aromatic rings. The molecule has 0 amide bonds. The van der Waals surface area contributed by atoms with E-state index in [-0.39, 0.29) is 0 Å². The van der Waals surface area contributed by atoms with Crippen LogP contribution in [-0.4, -0.2) is 24.6 Å². The Bertz CT molecular complexity index is 566. The van der Waals surface area contributed by atoms with Gasteiger partial charge in [0.15, 0.2) is 5.58 Å². The Morgan fingerprint density at radius 3 is 3.24 bits per heavy atom. The summed E-state index contributed by atoms with van der Waals surface area (Å²) in [5.74, 6) is 0.284. The van der Waals surface area contributed by atoms with Crippen LogP contribution in [0.1, 0.15) is 6.42 Å². The number of nitrogens with one attached hydrogen (secondary N) is 3. The highest BCUT2D eigenvalue weighted by molar-refractivity contribution is 5.76. The number of rotatable bonds is 3. The molecule has 1 aliphatic rings. The maximum absolute atomic E-state index is 11.0. The molecule has 0 bridgehead atoms. The van der Waals surface area contributed by atoms with Gasteiger partial charge in [-0.3, -0.25) is 4.98 Å². The predicted molar refractivity (Wildman–Crippen MR) is 66.3 cm³/mol. The summed E-state index contributed by atoms with van der Waals surface area (Å²) in [6.07, 6.45) is 1.22. The Morgan fingerprint density at radius 1 is 1.47 bits per heavy atom. The van der Waals surface area contributed by atoms with Crippen molar-refractivity contribution in [3.8, 4) is 0 Å². The van der Waals surface area contributed by atoms with Crippen LogP contribution < -0.4 is 16.4 Å². The monoisotopic (exact) mass is 233 g/mol.